The Labute approximate surface area is 91.7 Å². The maximum atomic E-state index is 11.0. The zero-order valence-electron chi connectivity index (χ0n) is 10.0. The number of rotatable bonds is 2. The highest BCUT2D eigenvalue weighted by Crippen LogP contribution is 2.58. The Bertz CT molecular complexity index is 312. The Morgan fingerprint density at radius 2 is 2.07 bits per heavy atom. The van der Waals surface area contributed by atoms with Gasteiger partial charge in [0.25, 0.3) is 0 Å². The van der Waals surface area contributed by atoms with Crippen LogP contribution in [-0.4, -0.2) is 17.5 Å². The normalized spacial score (nSPS) is 42.7. The number of carbonyl (C=O) groups excluding carboxylic acids is 1. The van der Waals surface area contributed by atoms with Gasteiger partial charge in [-0.15, -0.1) is 0 Å². The Morgan fingerprint density at radius 3 is 2.67 bits per heavy atom. The van der Waals surface area contributed by atoms with Gasteiger partial charge < -0.3 is 4.74 Å². The van der Waals surface area contributed by atoms with Gasteiger partial charge in [-0.25, -0.2) is 0 Å². The summed E-state index contributed by atoms with van der Waals surface area (Å²) in [7, 11) is 0. The van der Waals surface area contributed by atoms with Crippen LogP contribution in [0.25, 0.3) is 0 Å². The van der Waals surface area contributed by atoms with Crippen LogP contribution in [0.1, 0.15) is 40.5 Å². The number of carbonyl (C=O) groups is 1. The third-order valence-electron chi connectivity index (χ3n) is 4.01. The van der Waals surface area contributed by atoms with Gasteiger partial charge in [0.2, 0.25) is 0 Å². The van der Waals surface area contributed by atoms with Gasteiger partial charge >= 0.3 is 0 Å². The van der Waals surface area contributed by atoms with Crippen molar-refractivity contribution in [2.24, 2.45) is 11.3 Å². The van der Waals surface area contributed by atoms with E-state index in [1.165, 1.54) is 6.42 Å². The fourth-order valence-corrected chi connectivity index (χ4v) is 3.01. The van der Waals surface area contributed by atoms with Gasteiger partial charge in [0.1, 0.15) is 0 Å². The Morgan fingerprint density at radius 1 is 1.40 bits per heavy atom. The highest BCUT2D eigenvalue weighted by atomic mass is 16.6. The minimum atomic E-state index is -0.00625. The van der Waals surface area contributed by atoms with Crippen LogP contribution in [0.3, 0.4) is 0 Å². The smallest absolute Gasteiger partial charge is 0.152 e. The number of fused-ring (bicyclic) bond motifs is 1. The molecule has 2 heteroatoms. The summed E-state index contributed by atoms with van der Waals surface area (Å²) in [5, 5.41) is 0. The summed E-state index contributed by atoms with van der Waals surface area (Å²) >= 11 is 0. The van der Waals surface area contributed by atoms with Crippen molar-refractivity contribution in [3.05, 3.63) is 12.2 Å². The van der Waals surface area contributed by atoms with Crippen molar-refractivity contribution in [2.75, 3.05) is 0 Å². The number of epoxide rings is 1. The van der Waals surface area contributed by atoms with Gasteiger partial charge in [0.15, 0.2) is 5.78 Å². The Hall–Kier alpha value is -0.630. The first-order valence-corrected chi connectivity index (χ1v) is 5.73. The summed E-state index contributed by atoms with van der Waals surface area (Å²) in [4.78, 5) is 11.0. The predicted molar refractivity (Wildman–Crippen MR) is 59.6 cm³/mol. The van der Waals surface area contributed by atoms with E-state index in [0.717, 1.165) is 6.42 Å². The fourth-order valence-electron chi connectivity index (χ4n) is 3.01. The molecule has 1 heterocycles. The van der Waals surface area contributed by atoms with Gasteiger partial charge in [-0.1, -0.05) is 19.9 Å². The molecule has 15 heavy (non-hydrogen) atoms. The quantitative estimate of drug-likeness (QED) is 0.516. The molecule has 0 aromatic carbocycles. The summed E-state index contributed by atoms with van der Waals surface area (Å²) in [6.07, 6.45) is 6.52. The summed E-state index contributed by atoms with van der Waals surface area (Å²) in [5.41, 5.74) is 0.237. The molecule has 3 atom stereocenters. The van der Waals surface area contributed by atoms with Crippen LogP contribution in [0, 0.1) is 11.3 Å². The van der Waals surface area contributed by atoms with Gasteiger partial charge in [0.05, 0.1) is 11.7 Å². The molecule has 0 N–H and O–H groups in total. The third-order valence-corrected chi connectivity index (χ3v) is 4.01. The lowest BCUT2D eigenvalue weighted by Gasteiger charge is -2.38. The molecule has 0 spiro atoms. The second kappa shape index (κ2) is 3.18. The lowest BCUT2D eigenvalue weighted by atomic mass is 9.64. The van der Waals surface area contributed by atoms with Crippen molar-refractivity contribution >= 4 is 5.78 Å². The van der Waals surface area contributed by atoms with Gasteiger partial charge in [-0.3, -0.25) is 4.79 Å². The lowest BCUT2D eigenvalue weighted by Crippen LogP contribution is -2.39. The van der Waals surface area contributed by atoms with Crippen LogP contribution >= 0.6 is 0 Å². The molecule has 2 fully saturated rings. The largest absolute Gasteiger partial charge is 0.366 e. The summed E-state index contributed by atoms with van der Waals surface area (Å²) in [6.45, 7) is 8.31. The fraction of sp³-hybridized carbons (Fsp3) is 0.769. The molecular weight excluding hydrogens is 188 g/mol. The highest BCUT2D eigenvalue weighted by molar-refractivity contribution is 5.87. The molecule has 0 aromatic rings. The predicted octanol–water partition coefficient (Wildman–Crippen LogP) is 2.73. The number of ketones is 1. The molecule has 0 aromatic heterocycles. The van der Waals surface area contributed by atoms with Crippen molar-refractivity contribution < 1.29 is 9.53 Å². The molecule has 3 unspecified atom stereocenters. The first-order chi connectivity index (χ1) is 6.86. The van der Waals surface area contributed by atoms with Crippen LogP contribution in [0.4, 0.5) is 0 Å². The standard InChI is InChI=1S/C13H20O2/c1-9(14)5-6-10-12(2,3)8-7-11-13(10,4)15-11/h5-6,10-11H,7-8H2,1-4H3/b6-5+. The van der Waals surface area contributed by atoms with Crippen LogP contribution in [0.5, 0.6) is 0 Å². The Balaban J connectivity index is 2.21. The maximum absolute atomic E-state index is 11.0. The van der Waals surface area contributed by atoms with E-state index in [0.29, 0.717) is 12.0 Å². The van der Waals surface area contributed by atoms with Crippen molar-refractivity contribution in [3.8, 4) is 0 Å². The molecule has 0 radical (unpaired) electrons. The molecule has 84 valence electrons. The van der Waals surface area contributed by atoms with Crippen LogP contribution in [0.15, 0.2) is 12.2 Å². The number of hydrogen-bond donors (Lipinski definition) is 0. The van der Waals surface area contributed by atoms with Crippen molar-refractivity contribution in [1.29, 1.82) is 0 Å². The topological polar surface area (TPSA) is 29.6 Å². The number of allylic oxidation sites excluding steroid dienone is 1. The van der Waals surface area contributed by atoms with Gasteiger partial charge in [-0.05, 0) is 38.2 Å². The third kappa shape index (κ3) is 1.76. The van der Waals surface area contributed by atoms with Crippen LogP contribution in [-0.2, 0) is 9.53 Å². The maximum Gasteiger partial charge on any atom is 0.152 e. The van der Waals surface area contributed by atoms with Crippen molar-refractivity contribution in [2.45, 2.75) is 52.2 Å². The monoisotopic (exact) mass is 208 g/mol. The molecule has 1 aliphatic heterocycles. The first kappa shape index (κ1) is 10.9. The van der Waals surface area contributed by atoms with E-state index in [-0.39, 0.29) is 16.8 Å². The molecular formula is C13H20O2. The van der Waals surface area contributed by atoms with E-state index in [9.17, 15) is 4.79 Å². The minimum Gasteiger partial charge on any atom is -0.366 e. The molecule has 2 nitrogen and oxygen atoms in total. The molecule has 2 aliphatic rings. The minimum absolute atomic E-state index is 0.00625. The molecule has 2 rings (SSSR count). The lowest BCUT2D eigenvalue weighted by molar-refractivity contribution is -0.112. The van der Waals surface area contributed by atoms with E-state index in [1.807, 2.05) is 0 Å². The van der Waals surface area contributed by atoms with Crippen molar-refractivity contribution in [1.82, 2.24) is 0 Å². The summed E-state index contributed by atoms with van der Waals surface area (Å²) in [6, 6.07) is 0. The van der Waals surface area contributed by atoms with Crippen molar-refractivity contribution in [3.63, 3.8) is 0 Å². The summed E-state index contributed by atoms with van der Waals surface area (Å²) in [5.74, 6) is 0.491. The second-order valence-corrected chi connectivity index (χ2v) is 5.77. The number of hydrogen-bond acceptors (Lipinski definition) is 2. The van der Waals surface area contributed by atoms with E-state index < -0.39 is 0 Å². The van der Waals surface area contributed by atoms with Crippen LogP contribution < -0.4 is 0 Å². The average molecular weight is 208 g/mol. The van der Waals surface area contributed by atoms with E-state index in [4.69, 9.17) is 4.74 Å². The molecule has 1 saturated heterocycles. The first-order valence-electron chi connectivity index (χ1n) is 5.73. The van der Waals surface area contributed by atoms with Gasteiger partial charge in [0, 0.05) is 5.92 Å². The molecule has 0 amide bonds. The molecule has 0 bridgehead atoms. The zero-order chi connectivity index (χ0) is 11.3. The average Bonchev–Trinajstić information content (AvgIpc) is 2.74. The van der Waals surface area contributed by atoms with E-state index in [2.05, 4.69) is 26.8 Å². The number of ether oxygens (including phenoxy) is 1. The SMILES string of the molecule is CC(=O)/C=C/C1C(C)(C)CCC2OC21C. The summed E-state index contributed by atoms with van der Waals surface area (Å²) < 4.78 is 5.78. The highest BCUT2D eigenvalue weighted by Gasteiger charge is 2.63. The Kier molecular flexibility index (Phi) is 2.30. The zero-order valence-corrected chi connectivity index (χ0v) is 10.0. The van der Waals surface area contributed by atoms with Crippen LogP contribution in [0.2, 0.25) is 0 Å². The van der Waals surface area contributed by atoms with E-state index in [1.54, 1.807) is 13.0 Å². The molecule has 1 aliphatic carbocycles. The second-order valence-electron chi connectivity index (χ2n) is 5.77. The molecule has 1 saturated carbocycles. The van der Waals surface area contributed by atoms with E-state index >= 15 is 0 Å². The van der Waals surface area contributed by atoms with Gasteiger partial charge in [-0.2, -0.15) is 0 Å².